The summed E-state index contributed by atoms with van der Waals surface area (Å²) in [6.45, 7) is 4.83. The average molecular weight is 837 g/mol. The van der Waals surface area contributed by atoms with Crippen molar-refractivity contribution in [2.75, 3.05) is 0 Å². The fourth-order valence-electron chi connectivity index (χ4n) is 11.6. The minimum atomic E-state index is -0.225. The SMILES string of the molecule is CC1(C)c2cc(-n3c4ccccc4c4cc5ccc6sc7ccccc7c6c5cc43)ccc2-c2ccc(-n3c4ccccc4c4cc5ccc6sc7ccccc7c6c5cc43)cc21. The van der Waals surface area contributed by atoms with Crippen LogP contribution in [0.2, 0.25) is 0 Å². The maximum Gasteiger partial charge on any atom is 0.0547 e. The molecule has 0 radical (unpaired) electrons. The first-order chi connectivity index (χ1) is 31.0. The molecular weight excluding hydrogens is 801 g/mol. The van der Waals surface area contributed by atoms with Crippen LogP contribution in [0.5, 0.6) is 0 Å². The van der Waals surface area contributed by atoms with E-state index in [9.17, 15) is 0 Å². The molecule has 0 bridgehead atoms. The summed E-state index contributed by atoms with van der Waals surface area (Å²) in [6.07, 6.45) is 0. The van der Waals surface area contributed by atoms with Gasteiger partial charge in [-0.1, -0.05) is 111 Å². The number of hydrogen-bond acceptors (Lipinski definition) is 2. The Hall–Kier alpha value is -7.24. The summed E-state index contributed by atoms with van der Waals surface area (Å²) in [7, 11) is 0. The minimum absolute atomic E-state index is 0.225. The van der Waals surface area contributed by atoms with E-state index in [1.807, 2.05) is 22.7 Å². The summed E-state index contributed by atoms with van der Waals surface area (Å²) in [5, 5.41) is 15.7. The lowest BCUT2D eigenvalue weighted by atomic mass is 9.82. The van der Waals surface area contributed by atoms with Crippen molar-refractivity contribution in [1.29, 1.82) is 0 Å². The fourth-order valence-corrected chi connectivity index (χ4v) is 13.8. The zero-order chi connectivity index (χ0) is 41.3. The third-order valence-electron chi connectivity index (χ3n) is 14.5. The lowest BCUT2D eigenvalue weighted by Crippen LogP contribution is -2.16. The third kappa shape index (κ3) is 4.47. The molecule has 0 N–H and O–H groups in total. The second kappa shape index (κ2) is 12.0. The van der Waals surface area contributed by atoms with Gasteiger partial charge in [0.15, 0.2) is 0 Å². The van der Waals surface area contributed by atoms with Gasteiger partial charge in [-0.2, -0.15) is 0 Å². The first-order valence-electron chi connectivity index (χ1n) is 21.8. The van der Waals surface area contributed by atoms with Gasteiger partial charge in [-0.3, -0.25) is 0 Å². The van der Waals surface area contributed by atoms with Crippen LogP contribution in [0.3, 0.4) is 0 Å². The molecular formula is C59H36N2S2. The Morgan fingerprint density at radius 2 is 0.762 bits per heavy atom. The molecule has 0 unspecified atom stereocenters. The Labute approximate surface area is 370 Å². The second-order valence-corrected chi connectivity index (χ2v) is 20.2. The van der Waals surface area contributed by atoms with Gasteiger partial charge in [-0.05, 0) is 129 Å². The summed E-state index contributed by atoms with van der Waals surface area (Å²) in [4.78, 5) is 0. The van der Waals surface area contributed by atoms with Crippen LogP contribution in [0.25, 0.3) is 128 Å². The number of rotatable bonds is 2. The van der Waals surface area contributed by atoms with Crippen LogP contribution < -0.4 is 0 Å². The van der Waals surface area contributed by atoms with Crippen LogP contribution >= 0.6 is 22.7 Å². The zero-order valence-electron chi connectivity index (χ0n) is 34.5. The topological polar surface area (TPSA) is 9.86 Å². The molecule has 0 amide bonds. The monoisotopic (exact) mass is 836 g/mol. The van der Waals surface area contributed by atoms with E-state index in [4.69, 9.17) is 0 Å². The zero-order valence-corrected chi connectivity index (χ0v) is 36.2. The van der Waals surface area contributed by atoms with E-state index >= 15 is 0 Å². The third-order valence-corrected chi connectivity index (χ3v) is 16.7. The van der Waals surface area contributed by atoms with Crippen molar-refractivity contribution < 1.29 is 0 Å². The number of fused-ring (bicyclic) bond motifs is 19. The van der Waals surface area contributed by atoms with E-state index in [0.29, 0.717) is 0 Å². The number of aromatic nitrogens is 2. The fraction of sp³-hybridized carbons (Fsp3) is 0.0508. The highest BCUT2D eigenvalue weighted by Crippen LogP contribution is 2.51. The Morgan fingerprint density at radius 3 is 1.24 bits per heavy atom. The molecule has 14 aromatic rings. The maximum absolute atomic E-state index is 2.51. The molecule has 4 heteroatoms. The molecule has 15 rings (SSSR count). The molecule has 1 aliphatic carbocycles. The van der Waals surface area contributed by atoms with Gasteiger partial charge >= 0.3 is 0 Å². The quantitative estimate of drug-likeness (QED) is 0.164. The molecule has 4 heterocycles. The van der Waals surface area contributed by atoms with Crippen molar-refractivity contribution >= 4 is 128 Å². The van der Waals surface area contributed by atoms with E-state index in [-0.39, 0.29) is 5.41 Å². The Morgan fingerprint density at radius 1 is 0.333 bits per heavy atom. The highest BCUT2D eigenvalue weighted by atomic mass is 32.1. The predicted molar refractivity (Wildman–Crippen MR) is 273 cm³/mol. The normalized spacial score (nSPS) is 13.7. The first-order valence-corrected chi connectivity index (χ1v) is 23.5. The summed E-state index contributed by atoms with van der Waals surface area (Å²) >= 11 is 3.78. The number of hydrogen-bond donors (Lipinski definition) is 0. The minimum Gasteiger partial charge on any atom is -0.309 e. The van der Waals surface area contributed by atoms with Crippen LogP contribution in [-0.4, -0.2) is 9.13 Å². The van der Waals surface area contributed by atoms with Gasteiger partial charge in [0, 0.05) is 78.7 Å². The van der Waals surface area contributed by atoms with Crippen LogP contribution in [0, 0.1) is 0 Å². The summed E-state index contributed by atoms with van der Waals surface area (Å²) in [5.41, 5.74) is 12.5. The smallest absolute Gasteiger partial charge is 0.0547 e. The van der Waals surface area contributed by atoms with Crippen molar-refractivity contribution in [3.05, 3.63) is 193 Å². The largest absolute Gasteiger partial charge is 0.309 e. The van der Waals surface area contributed by atoms with E-state index < -0.39 is 0 Å². The first kappa shape index (κ1) is 34.4. The van der Waals surface area contributed by atoms with Gasteiger partial charge in [-0.25, -0.2) is 0 Å². The molecule has 1 aliphatic rings. The molecule has 0 saturated heterocycles. The molecule has 294 valence electrons. The molecule has 10 aromatic carbocycles. The van der Waals surface area contributed by atoms with Gasteiger partial charge in [0.25, 0.3) is 0 Å². The van der Waals surface area contributed by atoms with E-state index in [1.165, 1.54) is 139 Å². The molecule has 0 saturated carbocycles. The van der Waals surface area contributed by atoms with Crippen molar-refractivity contribution in [3.8, 4) is 22.5 Å². The number of benzene rings is 10. The van der Waals surface area contributed by atoms with Crippen molar-refractivity contribution in [1.82, 2.24) is 9.13 Å². The lowest BCUT2D eigenvalue weighted by molar-refractivity contribution is 0.659. The van der Waals surface area contributed by atoms with Crippen LogP contribution in [-0.2, 0) is 5.41 Å². The molecule has 0 spiro atoms. The van der Waals surface area contributed by atoms with E-state index in [0.717, 1.165) is 0 Å². The van der Waals surface area contributed by atoms with Gasteiger partial charge in [-0.15, -0.1) is 22.7 Å². The Kier molecular flexibility index (Phi) is 6.55. The lowest BCUT2D eigenvalue weighted by Gasteiger charge is -2.23. The van der Waals surface area contributed by atoms with Crippen molar-refractivity contribution in [2.24, 2.45) is 0 Å². The van der Waals surface area contributed by atoms with Gasteiger partial charge < -0.3 is 9.13 Å². The van der Waals surface area contributed by atoms with E-state index in [2.05, 4.69) is 205 Å². The molecule has 63 heavy (non-hydrogen) atoms. The van der Waals surface area contributed by atoms with Crippen molar-refractivity contribution in [2.45, 2.75) is 19.3 Å². The highest BCUT2D eigenvalue weighted by Gasteiger charge is 2.36. The Balaban J connectivity index is 0.924. The van der Waals surface area contributed by atoms with Crippen LogP contribution in [0.4, 0.5) is 0 Å². The Bertz CT molecular complexity index is 4080. The summed E-state index contributed by atoms with van der Waals surface area (Å²) < 4.78 is 10.4. The second-order valence-electron chi connectivity index (χ2n) is 18.0. The van der Waals surface area contributed by atoms with Crippen LogP contribution in [0.15, 0.2) is 182 Å². The molecule has 0 atom stereocenters. The molecule has 4 aromatic heterocycles. The number of para-hydroxylation sites is 2. The number of nitrogens with zero attached hydrogens (tertiary/aromatic N) is 2. The molecule has 0 aliphatic heterocycles. The van der Waals surface area contributed by atoms with Crippen LogP contribution in [0.1, 0.15) is 25.0 Å². The van der Waals surface area contributed by atoms with E-state index in [1.54, 1.807) is 0 Å². The highest BCUT2D eigenvalue weighted by molar-refractivity contribution is 7.26. The average Bonchev–Trinajstić information content (AvgIpc) is 4.11. The number of thiophene rings is 2. The summed E-state index contributed by atoms with van der Waals surface area (Å²) in [5.74, 6) is 0. The van der Waals surface area contributed by atoms with Gasteiger partial charge in [0.2, 0.25) is 0 Å². The standard InChI is InChI=1S/C59H36N2S2/c1-59(2)47-29-35(60-49-15-7-3-11-39(49)45-27-33-19-25-55-57(43(33)31-51(45)60)41-13-5-9-17-53(41)62-55)21-23-37(47)38-24-22-36(30-48(38)59)61-50-16-8-4-12-40(50)46-28-34-20-26-56-58(44(34)32-52(46)61)42-14-6-10-18-54(42)63-56/h3-32H,1-2H3. The van der Waals surface area contributed by atoms with Gasteiger partial charge in [0.05, 0.1) is 22.1 Å². The molecule has 2 nitrogen and oxygen atoms in total. The summed E-state index contributed by atoms with van der Waals surface area (Å²) in [6, 6.07) is 69.0. The van der Waals surface area contributed by atoms with Gasteiger partial charge in [0.1, 0.15) is 0 Å². The maximum atomic E-state index is 2.51. The van der Waals surface area contributed by atoms with Crippen molar-refractivity contribution in [3.63, 3.8) is 0 Å². The molecule has 0 fully saturated rings. The predicted octanol–water partition coefficient (Wildman–Crippen LogP) is 17.2.